The summed E-state index contributed by atoms with van der Waals surface area (Å²) in [5, 5.41) is 0. The summed E-state index contributed by atoms with van der Waals surface area (Å²) in [6.07, 6.45) is -0.551. The maximum Gasteiger partial charge on any atom is 0.229 e. The van der Waals surface area contributed by atoms with E-state index in [1.54, 1.807) is 27.7 Å². The number of carbonyl (C=O) groups is 3. The highest BCUT2D eigenvalue weighted by atomic mass is 31.2. The van der Waals surface area contributed by atoms with Crippen molar-refractivity contribution in [3.05, 3.63) is 68.8 Å². The van der Waals surface area contributed by atoms with E-state index in [4.69, 9.17) is 0 Å². The Morgan fingerprint density at radius 3 is 1.21 bits per heavy atom. The van der Waals surface area contributed by atoms with E-state index in [2.05, 4.69) is 0 Å². The van der Waals surface area contributed by atoms with Gasteiger partial charge in [0.05, 0.1) is 6.16 Å². The zero-order chi connectivity index (χ0) is 21.4. The van der Waals surface area contributed by atoms with Gasteiger partial charge in [0.2, 0.25) is 18.2 Å². The largest absolute Gasteiger partial charge is 0.306 e. The molecule has 0 aliphatic rings. The minimum atomic E-state index is -4.17. The third kappa shape index (κ3) is 4.07. The molecule has 0 aliphatic carbocycles. The zero-order valence-corrected chi connectivity index (χ0v) is 18.5. The molecule has 2 aromatic rings. The van der Waals surface area contributed by atoms with Crippen LogP contribution in [0.15, 0.2) is 24.3 Å². The van der Waals surface area contributed by atoms with Gasteiger partial charge >= 0.3 is 0 Å². The molecule has 5 heteroatoms. The third-order valence-corrected chi connectivity index (χ3v) is 7.53. The van der Waals surface area contributed by atoms with Crippen molar-refractivity contribution >= 4 is 24.0 Å². The minimum Gasteiger partial charge on any atom is -0.306 e. The Bertz CT molecular complexity index is 927. The van der Waals surface area contributed by atoms with E-state index in [1.165, 1.54) is 6.92 Å². The molecule has 0 heterocycles. The smallest absolute Gasteiger partial charge is 0.229 e. The summed E-state index contributed by atoms with van der Waals surface area (Å²) < 4.78 is 13.9. The minimum absolute atomic E-state index is 0.283. The summed E-state index contributed by atoms with van der Waals surface area (Å²) in [7, 11) is -4.17. The molecular formula is C23H27O4P. The lowest BCUT2D eigenvalue weighted by Gasteiger charge is -2.20. The van der Waals surface area contributed by atoms with Gasteiger partial charge in [-0.2, -0.15) is 0 Å². The molecule has 4 nitrogen and oxygen atoms in total. The first-order valence-corrected chi connectivity index (χ1v) is 11.1. The molecule has 0 radical (unpaired) electrons. The first-order valence-electron chi connectivity index (χ1n) is 9.22. The van der Waals surface area contributed by atoms with Crippen molar-refractivity contribution in [1.29, 1.82) is 0 Å². The highest BCUT2D eigenvalue weighted by Crippen LogP contribution is 2.53. The van der Waals surface area contributed by atoms with Crippen LogP contribution >= 0.6 is 7.14 Å². The van der Waals surface area contributed by atoms with Crippen LogP contribution in [-0.4, -0.2) is 23.0 Å². The Hall–Kier alpha value is -2.32. The Morgan fingerprint density at radius 1 is 0.679 bits per heavy atom. The Labute approximate surface area is 166 Å². The normalized spacial score (nSPS) is 11.4. The predicted molar refractivity (Wildman–Crippen MR) is 113 cm³/mol. The summed E-state index contributed by atoms with van der Waals surface area (Å²) in [5.41, 5.74) is 3.73. The second kappa shape index (κ2) is 7.97. The van der Waals surface area contributed by atoms with Crippen LogP contribution in [0.1, 0.15) is 61.0 Å². The van der Waals surface area contributed by atoms with Crippen LogP contribution in [-0.2, 0) is 9.36 Å². The molecule has 0 atom stereocenters. The molecular weight excluding hydrogens is 371 g/mol. The van der Waals surface area contributed by atoms with Gasteiger partial charge in [0.15, 0.2) is 0 Å². The lowest BCUT2D eigenvalue weighted by Crippen LogP contribution is -2.20. The molecule has 0 bridgehead atoms. The zero-order valence-electron chi connectivity index (χ0n) is 17.6. The highest BCUT2D eigenvalue weighted by Gasteiger charge is 2.43. The number of benzene rings is 2. The topological polar surface area (TPSA) is 68.3 Å². The van der Waals surface area contributed by atoms with E-state index in [1.807, 2.05) is 38.1 Å². The number of carbonyl (C=O) groups excluding carboxylic acids is 3. The van der Waals surface area contributed by atoms with E-state index >= 15 is 0 Å². The molecule has 2 aromatic carbocycles. The van der Waals surface area contributed by atoms with Crippen LogP contribution in [0.2, 0.25) is 0 Å². The van der Waals surface area contributed by atoms with E-state index in [9.17, 15) is 18.9 Å². The number of hydrogen-bond acceptors (Lipinski definition) is 4. The van der Waals surface area contributed by atoms with Crippen LogP contribution in [0.25, 0.3) is 0 Å². The molecule has 0 saturated heterocycles. The second-order valence-electron chi connectivity index (χ2n) is 7.76. The van der Waals surface area contributed by atoms with Gasteiger partial charge < -0.3 is 4.57 Å². The number of hydrogen-bond donors (Lipinski definition) is 0. The molecule has 0 spiro atoms. The van der Waals surface area contributed by atoms with E-state index in [-0.39, 0.29) is 11.1 Å². The fraction of sp³-hybridized carbons (Fsp3) is 0.348. The van der Waals surface area contributed by atoms with Crippen molar-refractivity contribution in [1.82, 2.24) is 0 Å². The van der Waals surface area contributed by atoms with Crippen LogP contribution in [0.5, 0.6) is 0 Å². The van der Waals surface area contributed by atoms with E-state index < -0.39 is 30.1 Å². The molecule has 0 aromatic heterocycles. The SMILES string of the molecule is CC(=O)CP(=O)(C(=O)c1c(C)cc(C)cc1C)C(=O)c1c(C)cc(C)cc1C. The molecule has 0 unspecified atom stereocenters. The van der Waals surface area contributed by atoms with Gasteiger partial charge in [-0.05, 0) is 70.7 Å². The number of aryl methyl sites for hydroxylation is 6. The number of rotatable bonds is 6. The fourth-order valence-corrected chi connectivity index (χ4v) is 6.47. The van der Waals surface area contributed by atoms with Crippen molar-refractivity contribution in [2.75, 3.05) is 6.16 Å². The van der Waals surface area contributed by atoms with Gasteiger partial charge in [-0.15, -0.1) is 0 Å². The van der Waals surface area contributed by atoms with Gasteiger partial charge in [-0.3, -0.25) is 14.4 Å². The Balaban J connectivity index is 2.72. The van der Waals surface area contributed by atoms with Crippen LogP contribution in [0, 0.1) is 41.5 Å². The van der Waals surface area contributed by atoms with Crippen LogP contribution in [0.3, 0.4) is 0 Å². The summed E-state index contributed by atoms with van der Waals surface area (Å²) in [4.78, 5) is 38.7. The molecule has 0 saturated carbocycles. The summed E-state index contributed by atoms with van der Waals surface area (Å²) >= 11 is 0. The molecule has 148 valence electrons. The van der Waals surface area contributed by atoms with Gasteiger partial charge in [0, 0.05) is 11.1 Å². The predicted octanol–water partition coefficient (Wildman–Crippen LogP) is 5.47. The van der Waals surface area contributed by atoms with Crippen molar-refractivity contribution in [3.63, 3.8) is 0 Å². The van der Waals surface area contributed by atoms with Crippen LogP contribution < -0.4 is 0 Å². The second-order valence-corrected chi connectivity index (χ2v) is 10.4. The summed E-state index contributed by atoms with van der Waals surface area (Å²) in [5.74, 6) is -0.435. The maximum atomic E-state index is 13.9. The molecule has 0 aliphatic heterocycles. The van der Waals surface area contributed by atoms with E-state index in [0.717, 1.165) is 11.1 Å². The van der Waals surface area contributed by atoms with Gasteiger partial charge in [-0.1, -0.05) is 35.4 Å². The first-order chi connectivity index (χ1) is 12.9. The molecule has 28 heavy (non-hydrogen) atoms. The average molecular weight is 398 g/mol. The third-order valence-electron chi connectivity index (χ3n) is 4.88. The first kappa shape index (κ1) is 22.0. The number of ketones is 1. The molecule has 0 amide bonds. The van der Waals surface area contributed by atoms with Gasteiger partial charge in [-0.25, -0.2) is 0 Å². The monoisotopic (exact) mass is 398 g/mol. The highest BCUT2D eigenvalue weighted by molar-refractivity contribution is 7.96. The maximum absolute atomic E-state index is 13.9. The molecule has 2 rings (SSSR count). The van der Waals surface area contributed by atoms with Crippen molar-refractivity contribution in [2.45, 2.75) is 48.5 Å². The molecule has 0 N–H and O–H groups in total. The lowest BCUT2D eigenvalue weighted by atomic mass is 10.0. The quantitative estimate of drug-likeness (QED) is 0.605. The Kier molecular flexibility index (Phi) is 6.25. The molecule has 0 fully saturated rings. The van der Waals surface area contributed by atoms with Gasteiger partial charge in [0.1, 0.15) is 5.78 Å². The van der Waals surface area contributed by atoms with E-state index in [0.29, 0.717) is 22.3 Å². The van der Waals surface area contributed by atoms with Crippen molar-refractivity contribution in [2.24, 2.45) is 0 Å². The van der Waals surface area contributed by atoms with Crippen LogP contribution in [0.4, 0.5) is 0 Å². The van der Waals surface area contributed by atoms with Crippen molar-refractivity contribution < 1.29 is 18.9 Å². The van der Waals surface area contributed by atoms with Crippen molar-refractivity contribution in [3.8, 4) is 0 Å². The fourth-order valence-electron chi connectivity index (χ4n) is 3.95. The summed E-state index contributed by atoms with van der Waals surface area (Å²) in [6, 6.07) is 7.30. The lowest BCUT2D eigenvalue weighted by molar-refractivity contribution is -0.114. The average Bonchev–Trinajstić information content (AvgIpc) is 2.51. The Morgan fingerprint density at radius 2 is 0.964 bits per heavy atom. The summed E-state index contributed by atoms with van der Waals surface area (Å²) in [6.45, 7) is 12.1. The standard InChI is InChI=1S/C23H27O4P/c1-13-8-15(3)20(16(4)9-13)22(25)28(27,12-19(7)24)23(26)21-17(5)10-14(2)11-18(21)6/h8-11H,12H2,1-7H3. The number of Topliss-reactive ketones (excluding diaryl/α,β-unsaturated/α-hetero) is 1. The van der Waals surface area contributed by atoms with Gasteiger partial charge in [0.25, 0.3) is 0 Å².